The number of aryl methyl sites for hydroxylation is 1. The highest BCUT2D eigenvalue weighted by atomic mass is 32.2. The van der Waals surface area contributed by atoms with Gasteiger partial charge in [-0.3, -0.25) is 0 Å². The van der Waals surface area contributed by atoms with Crippen molar-refractivity contribution in [2.45, 2.75) is 50.3 Å². The first-order valence-corrected chi connectivity index (χ1v) is 8.03. The van der Waals surface area contributed by atoms with Crippen LogP contribution < -0.4 is 0 Å². The SMILES string of the molecule is O=S1(=O)CCCCC1c1nnc2n1CCCC2. The van der Waals surface area contributed by atoms with E-state index in [-0.39, 0.29) is 0 Å². The molecule has 0 aliphatic carbocycles. The summed E-state index contributed by atoms with van der Waals surface area (Å²) in [5, 5.41) is 7.89. The Bertz CT molecular complexity index is 521. The lowest BCUT2D eigenvalue weighted by Crippen LogP contribution is -2.25. The molecule has 1 atom stereocenters. The van der Waals surface area contributed by atoms with Gasteiger partial charge in [-0.25, -0.2) is 8.42 Å². The second kappa shape index (κ2) is 4.08. The zero-order chi connectivity index (χ0) is 11.9. The number of nitrogens with zero attached hydrogens (tertiary/aromatic N) is 3. The Labute approximate surface area is 101 Å². The van der Waals surface area contributed by atoms with Gasteiger partial charge in [-0.2, -0.15) is 0 Å². The normalized spacial score (nSPS) is 27.6. The lowest BCUT2D eigenvalue weighted by Gasteiger charge is -2.23. The molecule has 94 valence electrons. The van der Waals surface area contributed by atoms with Crippen molar-refractivity contribution in [2.24, 2.45) is 0 Å². The molecule has 17 heavy (non-hydrogen) atoms. The molecule has 1 unspecified atom stereocenters. The third-order valence-corrected chi connectivity index (χ3v) is 5.93. The van der Waals surface area contributed by atoms with Crippen LogP contribution in [0.1, 0.15) is 49.0 Å². The fourth-order valence-corrected chi connectivity index (χ4v) is 4.73. The Hall–Kier alpha value is -0.910. The van der Waals surface area contributed by atoms with Gasteiger partial charge in [0, 0.05) is 13.0 Å². The molecule has 0 N–H and O–H groups in total. The van der Waals surface area contributed by atoms with Gasteiger partial charge in [0.1, 0.15) is 11.1 Å². The number of hydrogen-bond donors (Lipinski definition) is 0. The van der Waals surface area contributed by atoms with Crippen molar-refractivity contribution in [2.75, 3.05) is 5.75 Å². The zero-order valence-electron chi connectivity index (χ0n) is 9.80. The third kappa shape index (κ3) is 1.88. The average Bonchev–Trinajstić information content (AvgIpc) is 2.72. The first-order chi connectivity index (χ1) is 8.18. The molecule has 2 aliphatic heterocycles. The molecule has 1 fully saturated rings. The third-order valence-electron chi connectivity index (χ3n) is 3.75. The van der Waals surface area contributed by atoms with Crippen LogP contribution in [0.4, 0.5) is 0 Å². The van der Waals surface area contributed by atoms with Gasteiger partial charge in [0.15, 0.2) is 15.7 Å². The molecule has 0 spiro atoms. The van der Waals surface area contributed by atoms with Crippen LogP contribution in [0.2, 0.25) is 0 Å². The quantitative estimate of drug-likeness (QED) is 0.757. The molecule has 1 aromatic heterocycles. The van der Waals surface area contributed by atoms with Gasteiger partial charge in [-0.1, -0.05) is 6.42 Å². The molecular formula is C11H17N3O2S. The van der Waals surface area contributed by atoms with Gasteiger partial charge in [0.05, 0.1) is 5.75 Å². The fourth-order valence-electron chi connectivity index (χ4n) is 2.81. The van der Waals surface area contributed by atoms with Gasteiger partial charge in [0.25, 0.3) is 0 Å². The summed E-state index contributed by atoms with van der Waals surface area (Å²) in [7, 11) is -3.00. The molecule has 6 heteroatoms. The van der Waals surface area contributed by atoms with Crippen LogP contribution in [0.25, 0.3) is 0 Å². The molecular weight excluding hydrogens is 238 g/mol. The highest BCUT2D eigenvalue weighted by Crippen LogP contribution is 2.33. The highest BCUT2D eigenvalue weighted by molar-refractivity contribution is 7.91. The van der Waals surface area contributed by atoms with Crippen LogP contribution in [0, 0.1) is 0 Å². The highest BCUT2D eigenvalue weighted by Gasteiger charge is 2.35. The zero-order valence-corrected chi connectivity index (χ0v) is 10.6. The number of fused-ring (bicyclic) bond motifs is 1. The summed E-state index contributed by atoms with van der Waals surface area (Å²) >= 11 is 0. The monoisotopic (exact) mass is 255 g/mol. The number of rotatable bonds is 1. The molecule has 0 amide bonds. The van der Waals surface area contributed by atoms with E-state index in [1.165, 1.54) is 0 Å². The molecule has 0 radical (unpaired) electrons. The van der Waals surface area contributed by atoms with Gasteiger partial charge in [0.2, 0.25) is 0 Å². The Morgan fingerprint density at radius 1 is 1.12 bits per heavy atom. The van der Waals surface area contributed by atoms with E-state index in [0.717, 1.165) is 44.5 Å². The number of sulfone groups is 1. The molecule has 5 nitrogen and oxygen atoms in total. The summed E-state index contributed by atoms with van der Waals surface area (Å²) in [5.74, 6) is 1.96. The van der Waals surface area contributed by atoms with Crippen molar-refractivity contribution in [3.8, 4) is 0 Å². The van der Waals surface area contributed by atoms with Crippen molar-refractivity contribution < 1.29 is 8.42 Å². The Morgan fingerprint density at radius 2 is 2.00 bits per heavy atom. The first-order valence-electron chi connectivity index (χ1n) is 6.32. The Kier molecular flexibility index (Phi) is 2.69. The van der Waals surface area contributed by atoms with E-state index < -0.39 is 15.1 Å². The van der Waals surface area contributed by atoms with E-state index in [1.54, 1.807) is 0 Å². The molecule has 3 heterocycles. The molecule has 3 rings (SSSR count). The van der Waals surface area contributed by atoms with Crippen molar-refractivity contribution >= 4 is 9.84 Å². The van der Waals surface area contributed by atoms with E-state index >= 15 is 0 Å². The lowest BCUT2D eigenvalue weighted by atomic mass is 10.1. The van der Waals surface area contributed by atoms with Crippen molar-refractivity contribution in [1.29, 1.82) is 0 Å². The van der Waals surface area contributed by atoms with Crippen molar-refractivity contribution in [3.63, 3.8) is 0 Å². The summed E-state index contributed by atoms with van der Waals surface area (Å²) in [4.78, 5) is 0. The van der Waals surface area contributed by atoms with Crippen LogP contribution in [0.3, 0.4) is 0 Å². The molecule has 0 aromatic carbocycles. The summed E-state index contributed by atoms with van der Waals surface area (Å²) < 4.78 is 26.2. The fraction of sp³-hybridized carbons (Fsp3) is 0.818. The summed E-state index contributed by atoms with van der Waals surface area (Å²) in [5.41, 5.74) is 0. The Morgan fingerprint density at radius 3 is 2.82 bits per heavy atom. The molecule has 1 aromatic rings. The minimum atomic E-state index is -3.00. The van der Waals surface area contributed by atoms with E-state index in [1.807, 2.05) is 4.57 Å². The van der Waals surface area contributed by atoms with Gasteiger partial charge in [-0.05, 0) is 25.7 Å². The Balaban J connectivity index is 2.01. The predicted molar refractivity (Wildman–Crippen MR) is 63.3 cm³/mol. The maximum atomic E-state index is 12.1. The molecule has 1 saturated heterocycles. The minimum absolute atomic E-state index is 0.305. The smallest absolute Gasteiger partial charge is 0.160 e. The maximum Gasteiger partial charge on any atom is 0.160 e. The topological polar surface area (TPSA) is 64.8 Å². The van der Waals surface area contributed by atoms with Crippen LogP contribution in [0.15, 0.2) is 0 Å². The number of aromatic nitrogens is 3. The van der Waals surface area contributed by atoms with Crippen LogP contribution >= 0.6 is 0 Å². The maximum absolute atomic E-state index is 12.1. The largest absolute Gasteiger partial charge is 0.314 e. The second-order valence-electron chi connectivity index (χ2n) is 4.93. The molecule has 0 saturated carbocycles. The van der Waals surface area contributed by atoms with E-state index in [9.17, 15) is 8.42 Å². The van der Waals surface area contributed by atoms with E-state index in [2.05, 4.69) is 10.2 Å². The average molecular weight is 255 g/mol. The van der Waals surface area contributed by atoms with Gasteiger partial charge in [-0.15, -0.1) is 10.2 Å². The predicted octanol–water partition coefficient (Wildman–Crippen LogP) is 1.25. The first kappa shape index (κ1) is 11.2. The lowest BCUT2D eigenvalue weighted by molar-refractivity contribution is 0.485. The van der Waals surface area contributed by atoms with E-state index in [4.69, 9.17) is 0 Å². The van der Waals surface area contributed by atoms with Crippen LogP contribution in [-0.4, -0.2) is 28.9 Å². The van der Waals surface area contributed by atoms with Crippen LogP contribution in [0.5, 0.6) is 0 Å². The van der Waals surface area contributed by atoms with Crippen molar-refractivity contribution in [3.05, 3.63) is 11.6 Å². The second-order valence-corrected chi connectivity index (χ2v) is 7.24. The summed E-state index contributed by atoms with van der Waals surface area (Å²) in [6.45, 7) is 0.879. The number of hydrogen-bond acceptors (Lipinski definition) is 4. The van der Waals surface area contributed by atoms with Crippen molar-refractivity contribution in [1.82, 2.24) is 14.8 Å². The van der Waals surface area contributed by atoms with Gasteiger partial charge < -0.3 is 4.57 Å². The van der Waals surface area contributed by atoms with E-state index in [0.29, 0.717) is 18.0 Å². The minimum Gasteiger partial charge on any atom is -0.314 e. The summed E-state index contributed by atoms with van der Waals surface area (Å²) in [6.07, 6.45) is 5.65. The standard InChI is InChI=1S/C11H17N3O2S/c15-17(16)8-4-2-5-9(17)11-13-12-10-6-1-3-7-14(10)11/h9H,1-8H2. The van der Waals surface area contributed by atoms with Crippen LogP contribution in [-0.2, 0) is 22.8 Å². The molecule has 0 bridgehead atoms. The summed E-state index contributed by atoms with van der Waals surface area (Å²) in [6, 6.07) is 0. The molecule has 2 aliphatic rings. The van der Waals surface area contributed by atoms with Gasteiger partial charge >= 0.3 is 0 Å².